The molecule has 0 radical (unpaired) electrons. The molecule has 0 saturated heterocycles. The largest absolute Gasteiger partial charge is 0.457 e. The Morgan fingerprint density at radius 2 is 1.79 bits per heavy atom. The lowest BCUT2D eigenvalue weighted by Crippen LogP contribution is -1.93. The predicted molar refractivity (Wildman–Crippen MR) is 72.0 cm³/mol. The van der Waals surface area contributed by atoms with Crippen molar-refractivity contribution < 1.29 is 9.66 Å². The van der Waals surface area contributed by atoms with Gasteiger partial charge in [-0.3, -0.25) is 10.1 Å². The van der Waals surface area contributed by atoms with Gasteiger partial charge in [-0.1, -0.05) is 15.9 Å². The first-order valence-corrected chi connectivity index (χ1v) is 6.01. The minimum Gasteiger partial charge on any atom is -0.457 e. The third-order valence-electron chi connectivity index (χ3n) is 2.34. The molecule has 0 amide bonds. The van der Waals surface area contributed by atoms with Crippen molar-refractivity contribution in [2.45, 2.75) is 0 Å². The van der Waals surface area contributed by atoms with Crippen LogP contribution in [0.15, 0.2) is 46.9 Å². The molecule has 19 heavy (non-hydrogen) atoms. The quantitative estimate of drug-likeness (QED) is 0.632. The molecule has 0 fully saturated rings. The van der Waals surface area contributed by atoms with Gasteiger partial charge in [0.25, 0.3) is 5.69 Å². The molecule has 0 heterocycles. The maximum Gasteiger partial charge on any atom is 0.290 e. The smallest absolute Gasteiger partial charge is 0.290 e. The average molecular weight is 319 g/mol. The summed E-state index contributed by atoms with van der Waals surface area (Å²) < 4.78 is 6.40. The number of nitrogens with zero attached hydrogens (tertiary/aromatic N) is 2. The van der Waals surface area contributed by atoms with E-state index in [0.717, 1.165) is 4.47 Å². The predicted octanol–water partition coefficient (Wildman–Crippen LogP) is 4.02. The van der Waals surface area contributed by atoms with Crippen LogP contribution in [0.3, 0.4) is 0 Å². The van der Waals surface area contributed by atoms with Gasteiger partial charge in [-0.25, -0.2) is 0 Å². The number of hydrogen-bond acceptors (Lipinski definition) is 4. The molecule has 0 aliphatic rings. The molecule has 0 unspecified atom stereocenters. The van der Waals surface area contributed by atoms with Crippen LogP contribution in [0.25, 0.3) is 0 Å². The number of nitriles is 1. The zero-order valence-electron chi connectivity index (χ0n) is 9.54. The number of nitro groups is 1. The summed E-state index contributed by atoms with van der Waals surface area (Å²) >= 11 is 3.30. The molecule has 0 atom stereocenters. The van der Waals surface area contributed by atoms with Crippen LogP contribution in [0.5, 0.6) is 11.5 Å². The fourth-order valence-electron chi connectivity index (χ4n) is 1.46. The third kappa shape index (κ3) is 3.09. The van der Waals surface area contributed by atoms with Gasteiger partial charge in [0.2, 0.25) is 0 Å². The Morgan fingerprint density at radius 1 is 1.16 bits per heavy atom. The Hall–Kier alpha value is -2.39. The zero-order valence-corrected chi connectivity index (χ0v) is 11.1. The molecule has 6 heteroatoms. The summed E-state index contributed by atoms with van der Waals surface area (Å²) in [5.41, 5.74) is -0.259. The Labute approximate surface area is 117 Å². The minimum atomic E-state index is -0.604. The summed E-state index contributed by atoms with van der Waals surface area (Å²) in [6, 6.07) is 13.0. The highest BCUT2D eigenvalue weighted by Gasteiger charge is 2.15. The van der Waals surface area contributed by atoms with Crippen LogP contribution in [0, 0.1) is 21.4 Å². The Bertz CT molecular complexity index is 663. The van der Waals surface area contributed by atoms with Crippen LogP contribution in [-0.2, 0) is 0 Å². The van der Waals surface area contributed by atoms with Crippen LogP contribution < -0.4 is 4.74 Å². The van der Waals surface area contributed by atoms with E-state index < -0.39 is 4.92 Å². The normalized spacial score (nSPS) is 9.68. The van der Waals surface area contributed by atoms with Crippen LogP contribution >= 0.6 is 15.9 Å². The first-order chi connectivity index (χ1) is 9.10. The zero-order chi connectivity index (χ0) is 13.8. The molecular weight excluding hydrogens is 312 g/mol. The standard InChI is InChI=1S/C13H7BrN2O3/c14-10-2-5-11(6-3-10)19-12-4-1-9(8-15)13(7-12)16(17)18/h1-7H. The lowest BCUT2D eigenvalue weighted by atomic mass is 10.2. The van der Waals surface area contributed by atoms with Crippen LogP contribution in [0.1, 0.15) is 5.56 Å². The van der Waals surface area contributed by atoms with Gasteiger partial charge in [0.05, 0.1) is 11.0 Å². The second kappa shape index (κ2) is 5.50. The van der Waals surface area contributed by atoms with Crippen LogP contribution in [0.2, 0.25) is 0 Å². The lowest BCUT2D eigenvalue weighted by Gasteiger charge is -2.05. The van der Waals surface area contributed by atoms with E-state index in [1.165, 1.54) is 18.2 Å². The third-order valence-corrected chi connectivity index (χ3v) is 2.86. The van der Waals surface area contributed by atoms with Crippen molar-refractivity contribution in [3.8, 4) is 17.6 Å². The van der Waals surface area contributed by atoms with Crippen LogP contribution in [-0.4, -0.2) is 4.92 Å². The molecule has 0 aromatic heterocycles. The van der Waals surface area contributed by atoms with Crippen molar-refractivity contribution in [3.05, 3.63) is 62.6 Å². The number of ether oxygens (including phenoxy) is 1. The molecule has 2 aromatic rings. The monoisotopic (exact) mass is 318 g/mol. The minimum absolute atomic E-state index is 0.00755. The van der Waals surface area contributed by atoms with Gasteiger partial charge < -0.3 is 4.74 Å². The Balaban J connectivity index is 2.31. The van der Waals surface area contributed by atoms with Gasteiger partial charge in [0.15, 0.2) is 0 Å². The summed E-state index contributed by atoms with van der Waals surface area (Å²) in [6.07, 6.45) is 0. The molecule has 0 aliphatic heterocycles. The Kier molecular flexibility index (Phi) is 3.78. The molecule has 5 nitrogen and oxygen atoms in total. The molecule has 2 aromatic carbocycles. The average Bonchev–Trinajstić information content (AvgIpc) is 2.41. The van der Waals surface area contributed by atoms with Gasteiger partial charge in [0.1, 0.15) is 23.1 Å². The number of benzene rings is 2. The van der Waals surface area contributed by atoms with E-state index in [-0.39, 0.29) is 11.3 Å². The molecule has 0 bridgehead atoms. The molecule has 2 rings (SSSR count). The topological polar surface area (TPSA) is 76.2 Å². The van der Waals surface area contributed by atoms with Crippen molar-refractivity contribution in [1.82, 2.24) is 0 Å². The van der Waals surface area contributed by atoms with Gasteiger partial charge in [0, 0.05) is 4.47 Å². The molecule has 0 aliphatic carbocycles. The second-order valence-corrected chi connectivity index (χ2v) is 4.52. The second-order valence-electron chi connectivity index (χ2n) is 3.60. The van der Waals surface area contributed by atoms with E-state index in [1.54, 1.807) is 30.3 Å². The van der Waals surface area contributed by atoms with Crippen molar-refractivity contribution >= 4 is 21.6 Å². The first kappa shape index (κ1) is 13.1. The van der Waals surface area contributed by atoms with Gasteiger partial charge in [-0.05, 0) is 36.4 Å². The lowest BCUT2D eigenvalue weighted by molar-refractivity contribution is -0.385. The number of halogens is 1. The van der Waals surface area contributed by atoms with E-state index in [4.69, 9.17) is 10.00 Å². The first-order valence-electron chi connectivity index (χ1n) is 5.22. The summed E-state index contributed by atoms with van der Waals surface area (Å²) in [6.45, 7) is 0. The molecule has 0 spiro atoms. The van der Waals surface area contributed by atoms with E-state index in [2.05, 4.69) is 15.9 Å². The number of hydrogen-bond donors (Lipinski definition) is 0. The summed E-state index contributed by atoms with van der Waals surface area (Å²) in [5, 5.41) is 19.6. The van der Waals surface area contributed by atoms with Gasteiger partial charge >= 0.3 is 0 Å². The maximum absolute atomic E-state index is 10.8. The maximum atomic E-state index is 10.8. The number of nitro benzene ring substituents is 1. The van der Waals surface area contributed by atoms with Gasteiger partial charge in [-0.2, -0.15) is 5.26 Å². The number of rotatable bonds is 3. The van der Waals surface area contributed by atoms with E-state index >= 15 is 0 Å². The van der Waals surface area contributed by atoms with E-state index in [0.29, 0.717) is 11.5 Å². The molecule has 0 N–H and O–H groups in total. The van der Waals surface area contributed by atoms with Crippen LogP contribution in [0.4, 0.5) is 5.69 Å². The van der Waals surface area contributed by atoms with Crippen molar-refractivity contribution in [2.24, 2.45) is 0 Å². The van der Waals surface area contributed by atoms with E-state index in [9.17, 15) is 10.1 Å². The summed E-state index contributed by atoms with van der Waals surface area (Å²) in [4.78, 5) is 10.2. The SMILES string of the molecule is N#Cc1ccc(Oc2ccc(Br)cc2)cc1[N+](=O)[O-]. The summed E-state index contributed by atoms with van der Waals surface area (Å²) in [5.74, 6) is 0.871. The molecule has 94 valence electrons. The summed E-state index contributed by atoms with van der Waals surface area (Å²) in [7, 11) is 0. The van der Waals surface area contributed by atoms with E-state index in [1.807, 2.05) is 0 Å². The van der Waals surface area contributed by atoms with Gasteiger partial charge in [-0.15, -0.1) is 0 Å². The highest BCUT2D eigenvalue weighted by molar-refractivity contribution is 9.10. The fraction of sp³-hybridized carbons (Fsp3) is 0. The van der Waals surface area contributed by atoms with Crippen molar-refractivity contribution in [3.63, 3.8) is 0 Å². The molecular formula is C13H7BrN2O3. The van der Waals surface area contributed by atoms with Crippen molar-refractivity contribution in [1.29, 1.82) is 5.26 Å². The molecule has 0 saturated carbocycles. The fourth-order valence-corrected chi connectivity index (χ4v) is 1.72. The highest BCUT2D eigenvalue weighted by Crippen LogP contribution is 2.28. The highest BCUT2D eigenvalue weighted by atomic mass is 79.9. The van der Waals surface area contributed by atoms with Crippen molar-refractivity contribution in [2.75, 3.05) is 0 Å². The Morgan fingerprint density at radius 3 is 2.37 bits per heavy atom.